The van der Waals surface area contributed by atoms with Crippen molar-refractivity contribution in [2.24, 2.45) is 0 Å². The molecule has 2 heterocycles. The van der Waals surface area contributed by atoms with Gasteiger partial charge in [-0.1, -0.05) is 0 Å². The van der Waals surface area contributed by atoms with Gasteiger partial charge in [0, 0.05) is 31.9 Å². The van der Waals surface area contributed by atoms with Crippen LogP contribution < -0.4 is 10.2 Å². The van der Waals surface area contributed by atoms with Crippen molar-refractivity contribution >= 4 is 17.6 Å². The molecule has 1 aliphatic heterocycles. The quantitative estimate of drug-likeness (QED) is 0.921. The molecular formula is C16H16FN3O3. The molecule has 0 radical (unpaired) electrons. The third kappa shape index (κ3) is 3.50. The van der Waals surface area contributed by atoms with E-state index in [1.807, 2.05) is 0 Å². The summed E-state index contributed by atoms with van der Waals surface area (Å²) in [6.45, 7) is 2.20. The van der Waals surface area contributed by atoms with E-state index in [4.69, 9.17) is 4.42 Å². The van der Waals surface area contributed by atoms with Crippen molar-refractivity contribution in [2.45, 2.75) is 0 Å². The highest BCUT2D eigenvalue weighted by molar-refractivity contribution is 6.02. The van der Waals surface area contributed by atoms with E-state index in [0.717, 1.165) is 5.69 Å². The molecule has 1 aliphatic rings. The number of imide groups is 1. The second kappa shape index (κ2) is 6.51. The van der Waals surface area contributed by atoms with Gasteiger partial charge in [-0.25, -0.2) is 9.18 Å². The average Bonchev–Trinajstić information content (AvgIpc) is 3.10. The van der Waals surface area contributed by atoms with E-state index in [2.05, 4.69) is 10.2 Å². The van der Waals surface area contributed by atoms with Gasteiger partial charge in [-0.3, -0.25) is 10.1 Å². The van der Waals surface area contributed by atoms with E-state index in [0.29, 0.717) is 26.2 Å². The summed E-state index contributed by atoms with van der Waals surface area (Å²) in [5.41, 5.74) is 0.915. The number of anilines is 1. The number of amides is 3. The number of nitrogens with one attached hydrogen (secondary N) is 1. The van der Waals surface area contributed by atoms with Crippen LogP contribution in [0.3, 0.4) is 0 Å². The number of hydrogen-bond donors (Lipinski definition) is 1. The summed E-state index contributed by atoms with van der Waals surface area (Å²) in [5, 5.41) is 2.30. The van der Waals surface area contributed by atoms with Crippen molar-refractivity contribution in [1.29, 1.82) is 0 Å². The molecule has 0 bridgehead atoms. The fraction of sp³-hybridized carbons (Fsp3) is 0.250. The fourth-order valence-electron chi connectivity index (χ4n) is 2.47. The molecule has 23 heavy (non-hydrogen) atoms. The summed E-state index contributed by atoms with van der Waals surface area (Å²) in [6.07, 6.45) is 1.38. The van der Waals surface area contributed by atoms with Gasteiger partial charge in [0.2, 0.25) is 0 Å². The number of hydrogen-bond acceptors (Lipinski definition) is 4. The molecule has 7 heteroatoms. The first-order valence-electron chi connectivity index (χ1n) is 7.28. The Hall–Kier alpha value is -2.83. The molecule has 0 unspecified atom stereocenters. The van der Waals surface area contributed by atoms with E-state index >= 15 is 0 Å². The number of piperazine rings is 1. The highest BCUT2D eigenvalue weighted by atomic mass is 19.1. The third-order valence-electron chi connectivity index (χ3n) is 3.72. The molecule has 1 N–H and O–H groups in total. The monoisotopic (exact) mass is 317 g/mol. The topological polar surface area (TPSA) is 65.8 Å². The minimum atomic E-state index is -0.555. The summed E-state index contributed by atoms with van der Waals surface area (Å²) >= 11 is 0. The summed E-state index contributed by atoms with van der Waals surface area (Å²) in [4.78, 5) is 27.5. The molecule has 2 aromatic rings. The number of urea groups is 1. The maximum absolute atomic E-state index is 12.9. The van der Waals surface area contributed by atoms with Crippen LogP contribution >= 0.6 is 0 Å². The zero-order valence-electron chi connectivity index (χ0n) is 12.4. The lowest BCUT2D eigenvalue weighted by molar-refractivity contribution is 0.0923. The standard InChI is InChI=1S/C16H16FN3O3/c17-12-3-5-13(6-4-12)19-7-9-20(10-8-19)16(22)18-15(21)14-2-1-11-23-14/h1-6,11H,7-10H2,(H,18,21,22). The molecule has 120 valence electrons. The Morgan fingerprint density at radius 3 is 2.35 bits per heavy atom. The number of carbonyl (C=O) groups excluding carboxylic acids is 2. The van der Waals surface area contributed by atoms with Crippen molar-refractivity contribution in [2.75, 3.05) is 31.1 Å². The van der Waals surface area contributed by atoms with Crippen molar-refractivity contribution < 1.29 is 18.4 Å². The van der Waals surface area contributed by atoms with Crippen molar-refractivity contribution in [3.8, 4) is 0 Å². The Labute approximate surface area is 132 Å². The second-order valence-electron chi connectivity index (χ2n) is 5.19. The Balaban J connectivity index is 1.53. The van der Waals surface area contributed by atoms with Crippen LogP contribution in [0.25, 0.3) is 0 Å². The van der Waals surface area contributed by atoms with Gasteiger partial charge in [0.1, 0.15) is 5.82 Å². The zero-order chi connectivity index (χ0) is 16.2. The lowest BCUT2D eigenvalue weighted by atomic mass is 10.2. The van der Waals surface area contributed by atoms with Gasteiger partial charge in [0.05, 0.1) is 6.26 Å². The number of nitrogens with zero attached hydrogens (tertiary/aromatic N) is 2. The van der Waals surface area contributed by atoms with Crippen LogP contribution in [0.1, 0.15) is 10.6 Å². The predicted octanol–water partition coefficient (Wildman–Crippen LogP) is 2.09. The van der Waals surface area contributed by atoms with Gasteiger partial charge in [0.25, 0.3) is 5.91 Å². The first-order chi connectivity index (χ1) is 11.1. The molecule has 0 spiro atoms. The molecule has 3 rings (SSSR count). The Morgan fingerprint density at radius 2 is 1.74 bits per heavy atom. The smallest absolute Gasteiger partial charge is 0.324 e. The largest absolute Gasteiger partial charge is 0.459 e. The lowest BCUT2D eigenvalue weighted by Gasteiger charge is -2.35. The normalized spacial score (nSPS) is 14.7. The average molecular weight is 317 g/mol. The molecule has 0 aliphatic carbocycles. The molecule has 0 saturated carbocycles. The van der Waals surface area contributed by atoms with Crippen LogP contribution in [-0.4, -0.2) is 43.0 Å². The van der Waals surface area contributed by atoms with E-state index in [-0.39, 0.29) is 11.6 Å². The molecule has 1 aromatic carbocycles. The van der Waals surface area contributed by atoms with Gasteiger partial charge in [-0.2, -0.15) is 0 Å². The molecule has 6 nitrogen and oxygen atoms in total. The van der Waals surface area contributed by atoms with Crippen LogP contribution in [0.2, 0.25) is 0 Å². The summed E-state index contributed by atoms with van der Waals surface area (Å²) < 4.78 is 17.9. The van der Waals surface area contributed by atoms with Gasteiger partial charge >= 0.3 is 6.03 Å². The Bertz CT molecular complexity index is 677. The van der Waals surface area contributed by atoms with Crippen molar-refractivity contribution in [3.63, 3.8) is 0 Å². The van der Waals surface area contributed by atoms with Crippen molar-refractivity contribution in [1.82, 2.24) is 10.2 Å². The summed E-state index contributed by atoms with van der Waals surface area (Å²) in [5.74, 6) is -0.729. The predicted molar refractivity (Wildman–Crippen MR) is 81.8 cm³/mol. The lowest BCUT2D eigenvalue weighted by Crippen LogP contribution is -2.52. The molecule has 1 aromatic heterocycles. The third-order valence-corrected chi connectivity index (χ3v) is 3.72. The van der Waals surface area contributed by atoms with Crippen LogP contribution in [0, 0.1) is 5.82 Å². The van der Waals surface area contributed by atoms with E-state index < -0.39 is 11.9 Å². The van der Waals surface area contributed by atoms with E-state index in [9.17, 15) is 14.0 Å². The van der Waals surface area contributed by atoms with Crippen LogP contribution in [0.4, 0.5) is 14.9 Å². The first-order valence-corrected chi connectivity index (χ1v) is 7.28. The minimum Gasteiger partial charge on any atom is -0.459 e. The maximum Gasteiger partial charge on any atom is 0.324 e. The van der Waals surface area contributed by atoms with Crippen LogP contribution in [-0.2, 0) is 0 Å². The number of furan rings is 1. The van der Waals surface area contributed by atoms with Gasteiger partial charge in [0.15, 0.2) is 5.76 Å². The number of halogens is 1. The highest BCUT2D eigenvalue weighted by Gasteiger charge is 2.23. The first kappa shape index (κ1) is 15.1. The van der Waals surface area contributed by atoms with Gasteiger partial charge < -0.3 is 14.2 Å². The Kier molecular flexibility index (Phi) is 4.27. The van der Waals surface area contributed by atoms with E-state index in [1.165, 1.54) is 24.5 Å². The maximum atomic E-state index is 12.9. The summed E-state index contributed by atoms with van der Waals surface area (Å²) in [6, 6.07) is 8.89. The Morgan fingerprint density at radius 1 is 1.04 bits per heavy atom. The molecule has 1 fully saturated rings. The number of benzene rings is 1. The number of carbonyl (C=O) groups is 2. The zero-order valence-corrected chi connectivity index (χ0v) is 12.4. The highest BCUT2D eigenvalue weighted by Crippen LogP contribution is 2.16. The second-order valence-corrected chi connectivity index (χ2v) is 5.19. The van der Waals surface area contributed by atoms with Gasteiger partial charge in [-0.15, -0.1) is 0 Å². The molecule has 0 atom stereocenters. The fourth-order valence-corrected chi connectivity index (χ4v) is 2.47. The minimum absolute atomic E-state index is 0.100. The van der Waals surface area contributed by atoms with Crippen LogP contribution in [0.15, 0.2) is 47.1 Å². The van der Waals surface area contributed by atoms with Crippen molar-refractivity contribution in [3.05, 3.63) is 54.2 Å². The van der Waals surface area contributed by atoms with E-state index in [1.54, 1.807) is 23.1 Å². The van der Waals surface area contributed by atoms with Gasteiger partial charge in [-0.05, 0) is 36.4 Å². The molecular weight excluding hydrogens is 301 g/mol. The molecule has 1 saturated heterocycles. The molecule has 3 amide bonds. The van der Waals surface area contributed by atoms with Crippen LogP contribution in [0.5, 0.6) is 0 Å². The SMILES string of the molecule is O=C(NC(=O)N1CCN(c2ccc(F)cc2)CC1)c1ccco1. The number of rotatable bonds is 2. The summed E-state index contributed by atoms with van der Waals surface area (Å²) in [7, 11) is 0.